The third-order valence-corrected chi connectivity index (χ3v) is 5.44. The van der Waals surface area contributed by atoms with Crippen LogP contribution in [0.1, 0.15) is 18.9 Å². The summed E-state index contributed by atoms with van der Waals surface area (Å²) in [5.74, 6) is 0.785. The number of aryl methyl sites for hydroxylation is 1. The Morgan fingerprint density at radius 1 is 1.29 bits per heavy atom. The van der Waals surface area contributed by atoms with Crippen molar-refractivity contribution in [2.45, 2.75) is 32.4 Å². The van der Waals surface area contributed by atoms with Gasteiger partial charge < -0.3 is 20.3 Å². The Morgan fingerprint density at radius 2 is 2.15 bits per heavy atom. The van der Waals surface area contributed by atoms with Crippen LogP contribution in [0, 0.1) is 6.92 Å². The summed E-state index contributed by atoms with van der Waals surface area (Å²) in [6.07, 6.45) is 1.14. The molecule has 0 aliphatic carbocycles. The molecule has 4 rings (SSSR count). The van der Waals surface area contributed by atoms with Crippen LogP contribution < -0.4 is 20.3 Å². The van der Waals surface area contributed by atoms with Gasteiger partial charge in [0.15, 0.2) is 5.82 Å². The Hall–Kier alpha value is -3.76. The molecule has 0 saturated carbocycles. The van der Waals surface area contributed by atoms with Gasteiger partial charge in [0.1, 0.15) is 18.5 Å². The Labute approximate surface area is 197 Å². The second-order valence-electron chi connectivity index (χ2n) is 8.17. The summed E-state index contributed by atoms with van der Waals surface area (Å²) in [5, 5.41) is 24.5. The van der Waals surface area contributed by atoms with Gasteiger partial charge in [-0.05, 0) is 44.5 Å². The van der Waals surface area contributed by atoms with E-state index in [0.717, 1.165) is 28.9 Å². The first kappa shape index (κ1) is 23.4. The zero-order chi connectivity index (χ0) is 24.1. The molecule has 2 amide bonds. The summed E-state index contributed by atoms with van der Waals surface area (Å²) in [5.41, 5.74) is 3.66. The molecule has 3 heterocycles. The number of aliphatic hydroxyl groups is 2. The van der Waals surface area contributed by atoms with Crippen LogP contribution in [0.15, 0.2) is 48.7 Å². The molecule has 0 bridgehead atoms. The van der Waals surface area contributed by atoms with Crippen LogP contribution in [0.5, 0.6) is 6.01 Å². The number of nitrogens with one attached hydrogen (secondary N) is 2. The molecular formula is C24H28N6O4. The Balaban J connectivity index is 1.60. The summed E-state index contributed by atoms with van der Waals surface area (Å²) in [4.78, 5) is 28.0. The van der Waals surface area contributed by atoms with Crippen LogP contribution in [0.4, 0.5) is 22.1 Å². The lowest BCUT2D eigenvalue weighted by Gasteiger charge is -2.27. The van der Waals surface area contributed by atoms with Crippen molar-refractivity contribution in [2.24, 2.45) is 0 Å². The number of nitrogens with zero attached hydrogens (tertiary/aromatic N) is 4. The van der Waals surface area contributed by atoms with Crippen LogP contribution in [0.3, 0.4) is 0 Å². The third-order valence-electron chi connectivity index (χ3n) is 5.44. The second kappa shape index (κ2) is 10.4. The lowest BCUT2D eigenvalue weighted by atomic mass is 10.1. The SMILES string of the molecule is Cc1cccc(-c2ccc3c(n2)N(C(=O)Nc2ccnc(OC[C@H](O)CO)n2)[C@H](C)CCN3)c1. The first-order chi connectivity index (χ1) is 16.4. The zero-order valence-electron chi connectivity index (χ0n) is 19.1. The van der Waals surface area contributed by atoms with E-state index in [-0.39, 0.29) is 30.5 Å². The summed E-state index contributed by atoms with van der Waals surface area (Å²) >= 11 is 0. The molecule has 0 radical (unpaired) electrons. The number of carbonyl (C=O) groups excluding carboxylic acids is 1. The van der Waals surface area contributed by atoms with Gasteiger partial charge in [0, 0.05) is 24.3 Å². The fourth-order valence-corrected chi connectivity index (χ4v) is 3.66. The van der Waals surface area contributed by atoms with E-state index in [9.17, 15) is 9.90 Å². The molecule has 0 spiro atoms. The number of amides is 2. The number of hydrogen-bond donors (Lipinski definition) is 4. The highest BCUT2D eigenvalue weighted by Gasteiger charge is 2.29. The summed E-state index contributed by atoms with van der Waals surface area (Å²) < 4.78 is 5.28. The summed E-state index contributed by atoms with van der Waals surface area (Å²) in [6, 6.07) is 13.0. The highest BCUT2D eigenvalue weighted by atomic mass is 16.5. The fraction of sp³-hybridized carbons (Fsp3) is 0.333. The van der Waals surface area contributed by atoms with Crippen molar-refractivity contribution >= 4 is 23.4 Å². The molecule has 1 aromatic carbocycles. The van der Waals surface area contributed by atoms with Crippen LogP contribution in [-0.4, -0.2) is 63.1 Å². The number of anilines is 3. The first-order valence-corrected chi connectivity index (χ1v) is 11.1. The molecule has 0 fully saturated rings. The van der Waals surface area contributed by atoms with Gasteiger partial charge >= 0.3 is 12.0 Å². The van der Waals surface area contributed by atoms with E-state index in [2.05, 4.69) is 26.7 Å². The van der Waals surface area contributed by atoms with E-state index in [1.54, 1.807) is 11.0 Å². The number of ether oxygens (including phenoxy) is 1. The predicted octanol–water partition coefficient (Wildman–Crippen LogP) is 2.82. The maximum Gasteiger partial charge on any atom is 0.328 e. The minimum atomic E-state index is -1.04. The number of benzene rings is 1. The Morgan fingerprint density at radius 3 is 2.94 bits per heavy atom. The molecule has 0 saturated heterocycles. The van der Waals surface area contributed by atoms with Crippen LogP contribution >= 0.6 is 0 Å². The molecule has 10 heteroatoms. The molecule has 2 atom stereocenters. The smallest absolute Gasteiger partial charge is 0.328 e. The number of urea groups is 1. The van der Waals surface area contributed by atoms with Crippen molar-refractivity contribution in [3.63, 3.8) is 0 Å². The van der Waals surface area contributed by atoms with Crippen LogP contribution in [0.2, 0.25) is 0 Å². The number of hydrogen-bond acceptors (Lipinski definition) is 8. The minimum Gasteiger partial charge on any atom is -0.461 e. The topological polar surface area (TPSA) is 133 Å². The van der Waals surface area contributed by atoms with Crippen molar-refractivity contribution in [3.8, 4) is 17.3 Å². The molecule has 4 N–H and O–H groups in total. The fourth-order valence-electron chi connectivity index (χ4n) is 3.66. The lowest BCUT2D eigenvalue weighted by Crippen LogP contribution is -2.42. The highest BCUT2D eigenvalue weighted by Crippen LogP contribution is 2.32. The van der Waals surface area contributed by atoms with Crippen molar-refractivity contribution in [1.82, 2.24) is 15.0 Å². The number of fused-ring (bicyclic) bond motifs is 1. The van der Waals surface area contributed by atoms with Gasteiger partial charge in [0.05, 0.1) is 18.0 Å². The quantitative estimate of drug-likeness (QED) is 0.438. The maximum atomic E-state index is 13.4. The zero-order valence-corrected chi connectivity index (χ0v) is 19.1. The van der Waals surface area contributed by atoms with Gasteiger partial charge in [0.2, 0.25) is 0 Å². The molecule has 1 aliphatic heterocycles. The Bertz CT molecular complexity index is 1160. The molecular weight excluding hydrogens is 436 g/mol. The van der Waals surface area contributed by atoms with Gasteiger partial charge in [0.25, 0.3) is 0 Å². The van der Waals surface area contributed by atoms with Gasteiger partial charge in [-0.2, -0.15) is 4.98 Å². The van der Waals surface area contributed by atoms with Gasteiger partial charge in [-0.3, -0.25) is 10.2 Å². The normalized spacial score (nSPS) is 16.1. The van der Waals surface area contributed by atoms with Crippen molar-refractivity contribution < 1.29 is 19.7 Å². The van der Waals surface area contributed by atoms with Gasteiger partial charge in [-0.15, -0.1) is 0 Å². The van der Waals surface area contributed by atoms with Gasteiger partial charge in [-0.25, -0.2) is 14.8 Å². The van der Waals surface area contributed by atoms with E-state index >= 15 is 0 Å². The number of aliphatic hydroxyl groups excluding tert-OH is 2. The molecule has 2 aromatic heterocycles. The molecule has 1 aliphatic rings. The summed E-state index contributed by atoms with van der Waals surface area (Å²) in [6.45, 7) is 4.11. The number of pyridine rings is 1. The molecule has 10 nitrogen and oxygen atoms in total. The van der Waals surface area contributed by atoms with Crippen LogP contribution in [-0.2, 0) is 0 Å². The van der Waals surface area contributed by atoms with Crippen molar-refractivity contribution in [1.29, 1.82) is 0 Å². The summed E-state index contributed by atoms with van der Waals surface area (Å²) in [7, 11) is 0. The maximum absolute atomic E-state index is 13.4. The van der Waals surface area contributed by atoms with E-state index in [0.29, 0.717) is 12.4 Å². The first-order valence-electron chi connectivity index (χ1n) is 11.1. The molecule has 178 valence electrons. The molecule has 34 heavy (non-hydrogen) atoms. The molecule has 0 unspecified atom stereocenters. The average Bonchev–Trinajstić information content (AvgIpc) is 3.00. The largest absolute Gasteiger partial charge is 0.461 e. The van der Waals surface area contributed by atoms with Crippen LogP contribution in [0.25, 0.3) is 11.3 Å². The van der Waals surface area contributed by atoms with E-state index < -0.39 is 12.7 Å². The standard InChI is InChI=1S/C24H28N6O4/c1-15-4-3-5-17(12-15)19-6-7-20-22(27-19)30(16(2)8-10-25-20)24(33)29-21-9-11-26-23(28-21)34-14-18(32)13-31/h3-7,9,11-12,16,18,25,31-32H,8,10,13-14H2,1-2H3,(H,26,28,29,33)/t16-,18-/m1/s1. The number of aromatic nitrogens is 3. The van der Waals surface area contributed by atoms with Crippen molar-refractivity contribution in [3.05, 3.63) is 54.2 Å². The van der Waals surface area contributed by atoms with E-state index in [1.807, 2.05) is 44.2 Å². The van der Waals surface area contributed by atoms with Crippen molar-refractivity contribution in [2.75, 3.05) is 35.3 Å². The highest BCUT2D eigenvalue weighted by molar-refractivity contribution is 6.03. The van der Waals surface area contributed by atoms with Gasteiger partial charge in [-0.1, -0.05) is 23.8 Å². The number of rotatable bonds is 6. The third kappa shape index (κ3) is 5.41. The van der Waals surface area contributed by atoms with E-state index in [1.165, 1.54) is 6.20 Å². The Kier molecular flexibility index (Phi) is 7.19. The second-order valence-corrected chi connectivity index (χ2v) is 8.17. The minimum absolute atomic E-state index is 0.0175. The predicted molar refractivity (Wildman–Crippen MR) is 129 cm³/mol. The lowest BCUT2D eigenvalue weighted by molar-refractivity contribution is 0.0505. The average molecular weight is 465 g/mol. The number of carbonyl (C=O) groups is 1. The molecule has 3 aromatic rings. The van der Waals surface area contributed by atoms with E-state index in [4.69, 9.17) is 14.8 Å². The monoisotopic (exact) mass is 464 g/mol.